The van der Waals surface area contributed by atoms with E-state index in [9.17, 15) is 18.0 Å². The number of carbonyl (C=O) groups is 1. The minimum absolute atomic E-state index is 0.0444. The summed E-state index contributed by atoms with van der Waals surface area (Å²) in [4.78, 5) is 15.7. The summed E-state index contributed by atoms with van der Waals surface area (Å²) in [6.07, 6.45) is -3.16. The molecule has 0 fully saturated rings. The SMILES string of the molecule is O=C(c1cccc(C(F)(F)F)c1)c1ccnc(Cl)c1. The number of aromatic nitrogens is 1. The van der Waals surface area contributed by atoms with E-state index in [1.54, 1.807) is 0 Å². The number of ketones is 1. The average molecular weight is 286 g/mol. The van der Waals surface area contributed by atoms with Gasteiger partial charge in [0.2, 0.25) is 0 Å². The lowest BCUT2D eigenvalue weighted by Gasteiger charge is -2.08. The van der Waals surface area contributed by atoms with Crippen LogP contribution in [0.2, 0.25) is 5.15 Å². The van der Waals surface area contributed by atoms with Gasteiger partial charge in [-0.15, -0.1) is 0 Å². The maximum Gasteiger partial charge on any atom is 0.416 e. The first-order valence-corrected chi connectivity index (χ1v) is 5.59. The molecule has 0 aliphatic heterocycles. The average Bonchev–Trinajstić information content (AvgIpc) is 2.37. The maximum atomic E-state index is 12.6. The van der Waals surface area contributed by atoms with Crippen molar-refractivity contribution in [2.45, 2.75) is 6.18 Å². The molecule has 0 bridgehead atoms. The number of hydrogen-bond donors (Lipinski definition) is 0. The van der Waals surface area contributed by atoms with Gasteiger partial charge < -0.3 is 0 Å². The molecule has 0 spiro atoms. The quantitative estimate of drug-likeness (QED) is 0.617. The molecule has 0 N–H and O–H groups in total. The Morgan fingerprint density at radius 3 is 2.42 bits per heavy atom. The van der Waals surface area contributed by atoms with E-state index >= 15 is 0 Å². The first-order chi connectivity index (χ1) is 8.88. The van der Waals surface area contributed by atoms with Crippen LogP contribution in [-0.4, -0.2) is 10.8 Å². The third-order valence-electron chi connectivity index (χ3n) is 2.44. The molecule has 0 saturated carbocycles. The largest absolute Gasteiger partial charge is 0.416 e. The lowest BCUT2D eigenvalue weighted by molar-refractivity contribution is -0.137. The summed E-state index contributed by atoms with van der Waals surface area (Å²) < 4.78 is 37.7. The molecule has 0 radical (unpaired) electrons. The molecular formula is C13H7ClF3NO. The van der Waals surface area contributed by atoms with Gasteiger partial charge in [-0.1, -0.05) is 23.7 Å². The van der Waals surface area contributed by atoms with Gasteiger partial charge in [0.1, 0.15) is 5.15 Å². The number of benzene rings is 1. The molecule has 6 heteroatoms. The fourth-order valence-corrected chi connectivity index (χ4v) is 1.72. The Hall–Kier alpha value is -1.88. The Balaban J connectivity index is 2.40. The Labute approximate surface area is 111 Å². The molecule has 0 unspecified atom stereocenters. The normalized spacial score (nSPS) is 11.4. The van der Waals surface area contributed by atoms with Crippen LogP contribution in [0.5, 0.6) is 0 Å². The van der Waals surface area contributed by atoms with Gasteiger partial charge in [0.05, 0.1) is 5.56 Å². The standard InChI is InChI=1S/C13H7ClF3NO/c14-11-7-9(4-5-18-11)12(19)8-2-1-3-10(6-8)13(15,16)17/h1-7H. The molecule has 0 aliphatic carbocycles. The van der Waals surface area contributed by atoms with Crippen molar-refractivity contribution in [3.05, 3.63) is 64.4 Å². The Morgan fingerprint density at radius 1 is 1.11 bits per heavy atom. The van der Waals surface area contributed by atoms with Crippen molar-refractivity contribution in [3.8, 4) is 0 Å². The van der Waals surface area contributed by atoms with Crippen molar-refractivity contribution < 1.29 is 18.0 Å². The second-order valence-corrected chi connectivity index (χ2v) is 4.16. The van der Waals surface area contributed by atoms with E-state index in [0.29, 0.717) is 0 Å². The zero-order valence-corrected chi connectivity index (χ0v) is 10.2. The van der Waals surface area contributed by atoms with Crippen LogP contribution >= 0.6 is 11.6 Å². The number of halogens is 4. The van der Waals surface area contributed by atoms with Crippen LogP contribution in [0, 0.1) is 0 Å². The first kappa shape index (κ1) is 13.5. The summed E-state index contributed by atoms with van der Waals surface area (Å²) >= 11 is 5.64. The van der Waals surface area contributed by atoms with Crippen molar-refractivity contribution in [2.75, 3.05) is 0 Å². The summed E-state index contributed by atoms with van der Waals surface area (Å²) in [6.45, 7) is 0. The van der Waals surface area contributed by atoms with E-state index in [2.05, 4.69) is 4.98 Å². The van der Waals surface area contributed by atoms with E-state index in [1.165, 1.54) is 30.5 Å². The van der Waals surface area contributed by atoms with E-state index in [-0.39, 0.29) is 16.3 Å². The van der Waals surface area contributed by atoms with Gasteiger partial charge in [0, 0.05) is 17.3 Å². The molecule has 0 amide bonds. The van der Waals surface area contributed by atoms with Crippen LogP contribution in [0.15, 0.2) is 42.6 Å². The zero-order chi connectivity index (χ0) is 14.0. The molecule has 98 valence electrons. The van der Waals surface area contributed by atoms with Crippen LogP contribution in [0.1, 0.15) is 21.5 Å². The number of pyridine rings is 1. The molecule has 0 aliphatic rings. The number of nitrogens with zero attached hydrogens (tertiary/aromatic N) is 1. The van der Waals surface area contributed by atoms with Crippen LogP contribution in [0.3, 0.4) is 0 Å². The van der Waals surface area contributed by atoms with Gasteiger partial charge in [0.25, 0.3) is 0 Å². The van der Waals surface area contributed by atoms with E-state index in [4.69, 9.17) is 11.6 Å². The van der Waals surface area contributed by atoms with Crippen molar-refractivity contribution in [2.24, 2.45) is 0 Å². The molecule has 1 aromatic carbocycles. The minimum atomic E-state index is -4.48. The number of hydrogen-bond acceptors (Lipinski definition) is 2. The third kappa shape index (κ3) is 3.12. The topological polar surface area (TPSA) is 30.0 Å². The predicted octanol–water partition coefficient (Wildman–Crippen LogP) is 3.98. The van der Waals surface area contributed by atoms with Gasteiger partial charge >= 0.3 is 6.18 Å². The molecule has 0 saturated heterocycles. The van der Waals surface area contributed by atoms with Crippen molar-refractivity contribution in [1.82, 2.24) is 4.98 Å². The van der Waals surface area contributed by atoms with Crippen molar-refractivity contribution in [3.63, 3.8) is 0 Å². The number of rotatable bonds is 2. The smallest absolute Gasteiger partial charge is 0.289 e. The Bertz CT molecular complexity index is 625. The summed E-state index contributed by atoms with van der Waals surface area (Å²) in [6, 6.07) is 6.95. The first-order valence-electron chi connectivity index (χ1n) is 5.21. The second-order valence-electron chi connectivity index (χ2n) is 3.77. The zero-order valence-electron chi connectivity index (χ0n) is 9.41. The van der Waals surface area contributed by atoms with Crippen LogP contribution in [-0.2, 0) is 6.18 Å². The van der Waals surface area contributed by atoms with E-state index < -0.39 is 17.5 Å². The highest BCUT2D eigenvalue weighted by Gasteiger charge is 2.30. The summed E-state index contributed by atoms with van der Waals surface area (Å²) in [5.41, 5.74) is -0.713. The molecule has 2 nitrogen and oxygen atoms in total. The monoisotopic (exact) mass is 285 g/mol. The Kier molecular flexibility index (Phi) is 3.57. The summed E-state index contributed by atoms with van der Waals surface area (Å²) in [5, 5.41) is 0.109. The molecular weight excluding hydrogens is 279 g/mol. The predicted molar refractivity (Wildman–Crippen MR) is 64.1 cm³/mol. The van der Waals surface area contributed by atoms with Gasteiger partial charge in [-0.2, -0.15) is 13.2 Å². The Morgan fingerprint density at radius 2 is 1.79 bits per heavy atom. The second kappa shape index (κ2) is 5.01. The third-order valence-corrected chi connectivity index (χ3v) is 2.65. The highest BCUT2D eigenvalue weighted by molar-refractivity contribution is 6.29. The maximum absolute atomic E-state index is 12.6. The van der Waals surface area contributed by atoms with E-state index in [1.807, 2.05) is 0 Å². The highest BCUT2D eigenvalue weighted by atomic mass is 35.5. The fraction of sp³-hybridized carbons (Fsp3) is 0.0769. The fourth-order valence-electron chi connectivity index (χ4n) is 1.55. The van der Waals surface area contributed by atoms with Crippen LogP contribution in [0.4, 0.5) is 13.2 Å². The highest BCUT2D eigenvalue weighted by Crippen LogP contribution is 2.30. The molecule has 2 rings (SSSR count). The lowest BCUT2D eigenvalue weighted by atomic mass is 10.0. The number of carbonyl (C=O) groups excluding carboxylic acids is 1. The van der Waals surface area contributed by atoms with Gasteiger partial charge in [-0.25, -0.2) is 4.98 Å². The molecule has 19 heavy (non-hydrogen) atoms. The molecule has 1 heterocycles. The minimum Gasteiger partial charge on any atom is -0.289 e. The summed E-state index contributed by atoms with van der Waals surface area (Å²) in [5.74, 6) is -0.532. The van der Waals surface area contributed by atoms with Crippen LogP contribution < -0.4 is 0 Å². The van der Waals surface area contributed by atoms with Gasteiger partial charge in [-0.3, -0.25) is 4.79 Å². The van der Waals surface area contributed by atoms with E-state index in [0.717, 1.165) is 12.1 Å². The van der Waals surface area contributed by atoms with Crippen molar-refractivity contribution in [1.29, 1.82) is 0 Å². The lowest BCUT2D eigenvalue weighted by Crippen LogP contribution is -2.08. The van der Waals surface area contributed by atoms with Gasteiger partial charge in [0.15, 0.2) is 5.78 Å². The van der Waals surface area contributed by atoms with Gasteiger partial charge in [-0.05, 0) is 24.3 Å². The molecule has 0 atom stereocenters. The number of alkyl halides is 3. The molecule has 1 aromatic heterocycles. The molecule has 2 aromatic rings. The summed E-state index contributed by atoms with van der Waals surface area (Å²) in [7, 11) is 0. The van der Waals surface area contributed by atoms with Crippen LogP contribution in [0.25, 0.3) is 0 Å². The van der Waals surface area contributed by atoms with Crippen molar-refractivity contribution >= 4 is 17.4 Å².